The Balaban J connectivity index is 2.32. The minimum absolute atomic E-state index is 0.0817. The fourth-order valence-corrected chi connectivity index (χ4v) is 3.70. The second kappa shape index (κ2) is 6.94. The van der Waals surface area contributed by atoms with Crippen molar-refractivity contribution in [3.05, 3.63) is 29.0 Å². The summed E-state index contributed by atoms with van der Waals surface area (Å²) in [5.41, 5.74) is -0.845. The molecule has 0 aromatic carbocycles. The zero-order valence-corrected chi connectivity index (χ0v) is 15.6. The number of alkyl halides is 2. The predicted molar refractivity (Wildman–Crippen MR) is 91.4 cm³/mol. The van der Waals surface area contributed by atoms with Crippen LogP contribution in [0.15, 0.2) is 18.3 Å². The molecule has 1 saturated carbocycles. The first-order chi connectivity index (χ1) is 10.9. The molecular weight excluding hydrogens is 358 g/mol. The summed E-state index contributed by atoms with van der Waals surface area (Å²) >= 11 is 5.80. The maximum absolute atomic E-state index is 13.5. The van der Waals surface area contributed by atoms with Gasteiger partial charge in [0, 0.05) is 19.0 Å². The molecule has 2 rings (SSSR count). The lowest BCUT2D eigenvalue weighted by atomic mass is 9.76. The molecule has 1 aromatic rings. The van der Waals surface area contributed by atoms with Gasteiger partial charge in [0.15, 0.2) is 0 Å². The van der Waals surface area contributed by atoms with Gasteiger partial charge < -0.3 is 5.11 Å². The Morgan fingerprint density at radius 2 is 1.88 bits per heavy atom. The number of hydrogen-bond donors (Lipinski definition) is 2. The first-order valence-corrected chi connectivity index (χ1v) is 9.35. The standard InChI is InChI=1S/C16H23ClF2N2O2S/c1-14(2,3)24(23)21-13(11-4-5-12(17)20-10-11)15(22)6-8-16(18,19)9-7-15/h4-5,10,13,21-22H,6-9H2,1-3H3. The lowest BCUT2D eigenvalue weighted by molar-refractivity contribution is -0.115. The highest BCUT2D eigenvalue weighted by Crippen LogP contribution is 2.44. The monoisotopic (exact) mass is 380 g/mol. The Hall–Kier alpha value is -0.630. The molecule has 1 fully saturated rings. The van der Waals surface area contributed by atoms with E-state index in [9.17, 15) is 18.1 Å². The van der Waals surface area contributed by atoms with Crippen LogP contribution in [0.2, 0.25) is 5.15 Å². The number of halogens is 3. The van der Waals surface area contributed by atoms with Gasteiger partial charge in [0.25, 0.3) is 0 Å². The number of rotatable bonds is 4. The van der Waals surface area contributed by atoms with E-state index in [0.717, 1.165) is 0 Å². The second-order valence-corrected chi connectivity index (χ2v) is 9.69. The Morgan fingerprint density at radius 3 is 2.33 bits per heavy atom. The average molecular weight is 381 g/mol. The van der Waals surface area contributed by atoms with Gasteiger partial charge in [-0.25, -0.2) is 22.7 Å². The maximum atomic E-state index is 13.5. The topological polar surface area (TPSA) is 62.2 Å². The minimum atomic E-state index is -2.77. The zero-order valence-electron chi connectivity index (χ0n) is 14.0. The molecule has 1 aliphatic rings. The van der Waals surface area contributed by atoms with Gasteiger partial charge >= 0.3 is 0 Å². The maximum Gasteiger partial charge on any atom is 0.248 e. The summed E-state index contributed by atoms with van der Waals surface area (Å²) in [7, 11) is -1.48. The molecule has 4 nitrogen and oxygen atoms in total. The van der Waals surface area contributed by atoms with Crippen LogP contribution in [0.3, 0.4) is 0 Å². The number of hydrogen-bond acceptors (Lipinski definition) is 3. The fourth-order valence-electron chi connectivity index (χ4n) is 2.67. The molecule has 0 aliphatic heterocycles. The van der Waals surface area contributed by atoms with Crippen molar-refractivity contribution in [3.8, 4) is 0 Å². The summed E-state index contributed by atoms with van der Waals surface area (Å²) in [6.07, 6.45) is 0.517. The SMILES string of the molecule is CC(C)(C)S(=O)NC(c1ccc(Cl)nc1)C1(O)CCC(F)(F)CC1. The number of nitrogens with one attached hydrogen (secondary N) is 1. The van der Waals surface area contributed by atoms with E-state index in [1.165, 1.54) is 6.20 Å². The third-order valence-corrected chi connectivity index (χ3v) is 6.04. The van der Waals surface area contributed by atoms with Gasteiger partial charge in [0.05, 0.1) is 27.4 Å². The zero-order chi connectivity index (χ0) is 18.2. The summed E-state index contributed by atoms with van der Waals surface area (Å²) in [5.74, 6) is -2.77. The minimum Gasteiger partial charge on any atom is -0.388 e. The first-order valence-electron chi connectivity index (χ1n) is 7.83. The van der Waals surface area contributed by atoms with Crippen molar-refractivity contribution in [3.63, 3.8) is 0 Å². The number of aromatic nitrogens is 1. The van der Waals surface area contributed by atoms with E-state index in [1.54, 1.807) is 32.9 Å². The lowest BCUT2D eigenvalue weighted by Crippen LogP contribution is -2.50. The summed E-state index contributed by atoms with van der Waals surface area (Å²) in [6, 6.07) is 2.46. The van der Waals surface area contributed by atoms with Crippen LogP contribution in [-0.2, 0) is 11.0 Å². The normalized spacial score (nSPS) is 22.8. The summed E-state index contributed by atoms with van der Waals surface area (Å²) in [6.45, 7) is 5.39. The van der Waals surface area contributed by atoms with Crippen LogP contribution in [0.25, 0.3) is 0 Å². The van der Waals surface area contributed by atoms with E-state index in [-0.39, 0.29) is 18.0 Å². The molecule has 0 radical (unpaired) electrons. The Morgan fingerprint density at radius 1 is 1.29 bits per heavy atom. The van der Waals surface area contributed by atoms with Crippen molar-refractivity contribution >= 4 is 22.6 Å². The van der Waals surface area contributed by atoms with Gasteiger partial charge in [-0.15, -0.1) is 0 Å². The largest absolute Gasteiger partial charge is 0.388 e. The molecule has 2 N–H and O–H groups in total. The van der Waals surface area contributed by atoms with Gasteiger partial charge in [-0.05, 0) is 45.2 Å². The highest BCUT2D eigenvalue weighted by molar-refractivity contribution is 7.84. The van der Waals surface area contributed by atoms with Crippen LogP contribution < -0.4 is 4.72 Å². The predicted octanol–water partition coefficient (Wildman–Crippen LogP) is 3.77. The van der Waals surface area contributed by atoms with E-state index < -0.39 is 46.1 Å². The lowest BCUT2D eigenvalue weighted by Gasteiger charge is -2.42. The Kier molecular flexibility index (Phi) is 5.69. The Labute approximate surface area is 148 Å². The van der Waals surface area contributed by atoms with Crippen LogP contribution in [0, 0.1) is 0 Å². The molecule has 1 aromatic heterocycles. The molecule has 2 atom stereocenters. The van der Waals surface area contributed by atoms with E-state index in [4.69, 9.17) is 11.6 Å². The fraction of sp³-hybridized carbons (Fsp3) is 0.688. The highest BCUT2D eigenvalue weighted by Gasteiger charge is 2.48. The average Bonchev–Trinajstić information content (AvgIpc) is 2.48. The van der Waals surface area contributed by atoms with E-state index in [2.05, 4.69) is 9.71 Å². The molecule has 2 unspecified atom stereocenters. The van der Waals surface area contributed by atoms with Crippen molar-refractivity contribution in [2.75, 3.05) is 0 Å². The highest BCUT2D eigenvalue weighted by atomic mass is 35.5. The van der Waals surface area contributed by atoms with Crippen molar-refractivity contribution in [2.45, 2.75) is 68.8 Å². The summed E-state index contributed by atoms with van der Waals surface area (Å²) in [5, 5.41) is 11.3. The van der Waals surface area contributed by atoms with Crippen LogP contribution in [-0.4, -0.2) is 30.6 Å². The van der Waals surface area contributed by atoms with Gasteiger partial charge in [-0.2, -0.15) is 0 Å². The van der Waals surface area contributed by atoms with E-state index in [0.29, 0.717) is 5.56 Å². The third-order valence-electron chi connectivity index (χ3n) is 4.25. The van der Waals surface area contributed by atoms with E-state index >= 15 is 0 Å². The van der Waals surface area contributed by atoms with Gasteiger partial charge in [0.2, 0.25) is 5.92 Å². The number of nitrogens with zero attached hydrogens (tertiary/aromatic N) is 1. The smallest absolute Gasteiger partial charge is 0.248 e. The van der Waals surface area contributed by atoms with Crippen LogP contribution in [0.1, 0.15) is 58.1 Å². The summed E-state index contributed by atoms with van der Waals surface area (Å²) < 4.78 is 41.9. The molecule has 8 heteroatoms. The molecule has 0 amide bonds. The Bertz CT molecular complexity index is 595. The van der Waals surface area contributed by atoms with Crippen LogP contribution in [0.5, 0.6) is 0 Å². The second-order valence-electron chi connectivity index (χ2n) is 7.31. The van der Waals surface area contributed by atoms with Crippen molar-refractivity contribution in [1.29, 1.82) is 0 Å². The number of pyridine rings is 1. The molecular formula is C16H23ClF2N2O2S. The third kappa shape index (κ3) is 4.71. The molecule has 0 saturated heterocycles. The van der Waals surface area contributed by atoms with Crippen LogP contribution >= 0.6 is 11.6 Å². The summed E-state index contributed by atoms with van der Waals surface area (Å²) in [4.78, 5) is 3.99. The van der Waals surface area contributed by atoms with Crippen LogP contribution in [0.4, 0.5) is 8.78 Å². The number of aliphatic hydroxyl groups is 1. The van der Waals surface area contributed by atoms with Crippen molar-refractivity contribution < 1.29 is 18.1 Å². The molecule has 24 heavy (non-hydrogen) atoms. The van der Waals surface area contributed by atoms with Crippen molar-refractivity contribution in [2.24, 2.45) is 0 Å². The van der Waals surface area contributed by atoms with Gasteiger partial charge in [-0.1, -0.05) is 17.7 Å². The molecule has 0 bridgehead atoms. The molecule has 136 valence electrons. The quantitative estimate of drug-likeness (QED) is 0.781. The molecule has 1 aliphatic carbocycles. The van der Waals surface area contributed by atoms with Gasteiger partial charge in [-0.3, -0.25) is 0 Å². The molecule has 1 heterocycles. The molecule has 0 spiro atoms. The van der Waals surface area contributed by atoms with Crippen molar-refractivity contribution in [1.82, 2.24) is 9.71 Å². The van der Waals surface area contributed by atoms with Gasteiger partial charge in [0.1, 0.15) is 5.15 Å². The van der Waals surface area contributed by atoms with E-state index in [1.807, 2.05) is 0 Å². The first kappa shape index (κ1) is 19.7.